The van der Waals surface area contributed by atoms with Crippen LogP contribution in [0.3, 0.4) is 0 Å². The molecule has 0 spiro atoms. The van der Waals surface area contributed by atoms with Crippen LogP contribution in [0, 0.1) is 5.92 Å². The first-order valence-corrected chi connectivity index (χ1v) is 7.13. The first kappa shape index (κ1) is 14.3. The number of likely N-dealkylation sites (tertiary alicyclic amines) is 1. The Morgan fingerprint density at radius 3 is 2.47 bits per heavy atom. The van der Waals surface area contributed by atoms with Crippen LogP contribution < -0.4 is 5.56 Å². The molecule has 0 radical (unpaired) electrons. The molecule has 4 heteroatoms. The molecule has 0 aliphatic carbocycles. The molecule has 0 amide bonds. The first-order chi connectivity index (χ1) is 8.86. The Hall–Kier alpha value is -1.16. The molecule has 2 rings (SSSR count). The van der Waals surface area contributed by atoms with Crippen molar-refractivity contribution in [3.63, 3.8) is 0 Å². The van der Waals surface area contributed by atoms with Gasteiger partial charge in [0.25, 0.3) is 5.56 Å². The van der Waals surface area contributed by atoms with Crippen molar-refractivity contribution in [2.24, 2.45) is 5.92 Å². The van der Waals surface area contributed by atoms with Gasteiger partial charge in [-0.05, 0) is 45.0 Å². The molecule has 4 nitrogen and oxygen atoms in total. The molecule has 0 atom stereocenters. The van der Waals surface area contributed by atoms with E-state index in [1.807, 2.05) is 6.07 Å². The summed E-state index contributed by atoms with van der Waals surface area (Å²) in [7, 11) is 2.15. The first-order valence-electron chi connectivity index (χ1n) is 7.13. The Labute approximate surface area is 115 Å². The zero-order valence-electron chi connectivity index (χ0n) is 12.5. The highest BCUT2D eigenvalue weighted by Gasteiger charge is 2.20. The lowest BCUT2D eigenvalue weighted by Crippen LogP contribution is -2.35. The van der Waals surface area contributed by atoms with E-state index in [0.29, 0.717) is 5.92 Å². The van der Waals surface area contributed by atoms with Crippen molar-refractivity contribution >= 4 is 0 Å². The van der Waals surface area contributed by atoms with Crippen LogP contribution in [-0.4, -0.2) is 34.8 Å². The van der Waals surface area contributed by atoms with E-state index in [4.69, 9.17) is 0 Å². The molecule has 19 heavy (non-hydrogen) atoms. The van der Waals surface area contributed by atoms with Crippen molar-refractivity contribution in [2.45, 2.75) is 45.6 Å². The molecule has 1 saturated heterocycles. The molecule has 0 unspecified atom stereocenters. The number of piperidine rings is 1. The highest BCUT2D eigenvalue weighted by atomic mass is 16.1. The third-order valence-corrected chi connectivity index (χ3v) is 3.90. The van der Waals surface area contributed by atoms with Gasteiger partial charge in [0.05, 0.1) is 5.69 Å². The minimum Gasteiger partial charge on any atom is -0.306 e. The molecular formula is C15H25N3O. The zero-order valence-corrected chi connectivity index (χ0v) is 12.5. The van der Waals surface area contributed by atoms with E-state index < -0.39 is 0 Å². The van der Waals surface area contributed by atoms with E-state index >= 15 is 0 Å². The average molecular weight is 263 g/mol. The highest BCUT2D eigenvalue weighted by molar-refractivity contribution is 5.10. The standard InChI is InChI=1S/C15H25N3O/c1-15(2,3)13-5-6-14(19)18(16-13)11-12-7-9-17(4)10-8-12/h5-6,12H,7-11H2,1-4H3. The molecule has 1 aliphatic rings. The molecule has 1 aromatic rings. The van der Waals surface area contributed by atoms with Crippen LogP contribution in [0.15, 0.2) is 16.9 Å². The van der Waals surface area contributed by atoms with Crippen molar-refractivity contribution in [1.82, 2.24) is 14.7 Å². The maximum atomic E-state index is 11.9. The fraction of sp³-hybridized carbons (Fsp3) is 0.733. The van der Waals surface area contributed by atoms with Gasteiger partial charge in [0.2, 0.25) is 0 Å². The summed E-state index contributed by atoms with van der Waals surface area (Å²) < 4.78 is 1.66. The summed E-state index contributed by atoms with van der Waals surface area (Å²) in [6, 6.07) is 3.51. The normalized spacial score (nSPS) is 18.7. The molecule has 1 aliphatic heterocycles. The topological polar surface area (TPSA) is 38.1 Å². The largest absolute Gasteiger partial charge is 0.306 e. The minimum absolute atomic E-state index is 0.0117. The summed E-state index contributed by atoms with van der Waals surface area (Å²) >= 11 is 0. The van der Waals surface area contributed by atoms with Crippen LogP contribution >= 0.6 is 0 Å². The number of rotatable bonds is 2. The fourth-order valence-corrected chi connectivity index (χ4v) is 2.47. The van der Waals surface area contributed by atoms with Gasteiger partial charge in [-0.3, -0.25) is 4.79 Å². The van der Waals surface area contributed by atoms with Crippen LogP contribution in [0.25, 0.3) is 0 Å². The van der Waals surface area contributed by atoms with Crippen molar-refractivity contribution in [1.29, 1.82) is 0 Å². The molecule has 1 aromatic heterocycles. The second kappa shape index (κ2) is 5.45. The Bertz CT molecular complexity index is 479. The maximum absolute atomic E-state index is 11.9. The second-order valence-corrected chi connectivity index (χ2v) is 6.74. The molecule has 0 bridgehead atoms. The van der Waals surface area contributed by atoms with Crippen molar-refractivity contribution in [2.75, 3.05) is 20.1 Å². The lowest BCUT2D eigenvalue weighted by Gasteiger charge is -2.29. The van der Waals surface area contributed by atoms with E-state index in [1.54, 1.807) is 10.7 Å². The van der Waals surface area contributed by atoms with Crippen molar-refractivity contribution < 1.29 is 0 Å². The third kappa shape index (κ3) is 3.66. The summed E-state index contributed by atoms with van der Waals surface area (Å²) in [5.74, 6) is 0.580. The predicted molar refractivity (Wildman–Crippen MR) is 77.4 cm³/mol. The number of hydrogen-bond donors (Lipinski definition) is 0. The summed E-state index contributed by atoms with van der Waals surface area (Å²) in [4.78, 5) is 14.3. The van der Waals surface area contributed by atoms with Crippen LogP contribution in [0.1, 0.15) is 39.3 Å². The Kier molecular flexibility index (Phi) is 4.09. The molecule has 106 valence electrons. The van der Waals surface area contributed by atoms with Gasteiger partial charge in [-0.2, -0.15) is 5.10 Å². The molecule has 0 N–H and O–H groups in total. The van der Waals surface area contributed by atoms with Crippen LogP contribution in [0.4, 0.5) is 0 Å². The minimum atomic E-state index is -0.0117. The molecule has 0 saturated carbocycles. The van der Waals surface area contributed by atoms with Gasteiger partial charge in [-0.1, -0.05) is 20.8 Å². The number of hydrogen-bond acceptors (Lipinski definition) is 3. The van der Waals surface area contributed by atoms with Crippen LogP contribution in [0.2, 0.25) is 0 Å². The smallest absolute Gasteiger partial charge is 0.266 e. The lowest BCUT2D eigenvalue weighted by molar-refractivity contribution is 0.199. The molecule has 2 heterocycles. The molecule has 0 aromatic carbocycles. The summed E-state index contributed by atoms with van der Waals surface area (Å²) in [5, 5.41) is 4.55. The van der Waals surface area contributed by atoms with E-state index in [9.17, 15) is 4.79 Å². The predicted octanol–water partition coefficient (Wildman–Crippen LogP) is 1.88. The van der Waals surface area contributed by atoms with Gasteiger partial charge in [-0.25, -0.2) is 4.68 Å². The van der Waals surface area contributed by atoms with Gasteiger partial charge < -0.3 is 4.90 Å². The van der Waals surface area contributed by atoms with Gasteiger partial charge >= 0.3 is 0 Å². The highest BCUT2D eigenvalue weighted by Crippen LogP contribution is 2.20. The summed E-state index contributed by atoms with van der Waals surface area (Å²) in [6.07, 6.45) is 2.31. The average Bonchev–Trinajstić information content (AvgIpc) is 2.33. The SMILES string of the molecule is CN1CCC(Cn2nc(C(C)(C)C)ccc2=O)CC1. The van der Waals surface area contributed by atoms with Gasteiger partial charge in [0.15, 0.2) is 0 Å². The second-order valence-electron chi connectivity index (χ2n) is 6.74. The Morgan fingerprint density at radius 2 is 1.89 bits per heavy atom. The summed E-state index contributed by atoms with van der Waals surface area (Å²) in [6.45, 7) is 9.38. The third-order valence-electron chi connectivity index (χ3n) is 3.90. The Balaban J connectivity index is 2.13. The van der Waals surface area contributed by atoms with Crippen LogP contribution in [0.5, 0.6) is 0 Å². The number of aromatic nitrogens is 2. The maximum Gasteiger partial charge on any atom is 0.266 e. The van der Waals surface area contributed by atoms with Gasteiger partial charge in [0.1, 0.15) is 0 Å². The monoisotopic (exact) mass is 263 g/mol. The summed E-state index contributed by atoms with van der Waals surface area (Å²) in [5.41, 5.74) is 0.995. The van der Waals surface area contributed by atoms with Crippen molar-refractivity contribution in [3.05, 3.63) is 28.2 Å². The van der Waals surface area contributed by atoms with Crippen molar-refractivity contribution in [3.8, 4) is 0 Å². The zero-order chi connectivity index (χ0) is 14.0. The Morgan fingerprint density at radius 1 is 1.26 bits per heavy atom. The molecular weight excluding hydrogens is 238 g/mol. The van der Waals surface area contributed by atoms with Gasteiger partial charge in [0, 0.05) is 18.0 Å². The van der Waals surface area contributed by atoms with E-state index in [0.717, 1.165) is 38.2 Å². The van der Waals surface area contributed by atoms with Crippen LogP contribution in [-0.2, 0) is 12.0 Å². The van der Waals surface area contributed by atoms with Gasteiger partial charge in [-0.15, -0.1) is 0 Å². The van der Waals surface area contributed by atoms with E-state index in [2.05, 4.69) is 37.8 Å². The lowest BCUT2D eigenvalue weighted by atomic mass is 9.92. The molecule has 1 fully saturated rings. The van der Waals surface area contributed by atoms with E-state index in [1.165, 1.54) is 0 Å². The number of nitrogens with zero attached hydrogens (tertiary/aromatic N) is 3. The van der Waals surface area contributed by atoms with E-state index in [-0.39, 0.29) is 11.0 Å². The fourth-order valence-electron chi connectivity index (χ4n) is 2.47. The quantitative estimate of drug-likeness (QED) is 0.817.